The molecule has 0 spiro atoms. The van der Waals surface area contributed by atoms with Crippen LogP contribution < -0.4 is 4.74 Å². The van der Waals surface area contributed by atoms with Gasteiger partial charge in [0.2, 0.25) is 0 Å². The molecule has 1 aromatic rings. The number of nitro benzene ring substituents is 1. The number of carbonyl (C=O) groups is 1. The van der Waals surface area contributed by atoms with Crippen LogP contribution in [0.25, 0.3) is 0 Å². The number of hydrogen-bond acceptors (Lipinski definition) is 5. The highest BCUT2D eigenvalue weighted by Gasteiger charge is 2.03. The maximum absolute atomic E-state index is 10.7. The summed E-state index contributed by atoms with van der Waals surface area (Å²) in [5, 5.41) is 10.3. The van der Waals surface area contributed by atoms with Crippen molar-refractivity contribution in [1.82, 2.24) is 0 Å². The van der Waals surface area contributed by atoms with E-state index in [1.807, 2.05) is 0 Å². The van der Waals surface area contributed by atoms with E-state index in [0.717, 1.165) is 12.3 Å². The second-order valence-electron chi connectivity index (χ2n) is 2.69. The van der Waals surface area contributed by atoms with Gasteiger partial charge in [-0.25, -0.2) is 4.79 Å². The highest BCUT2D eigenvalue weighted by atomic mass is 16.6. The number of nitrogens with zero attached hydrogens (tertiary/aromatic N) is 1. The van der Waals surface area contributed by atoms with Crippen LogP contribution in [0.2, 0.25) is 0 Å². The number of non-ortho nitro benzene ring substituents is 1. The van der Waals surface area contributed by atoms with Gasteiger partial charge in [0, 0.05) is 12.1 Å². The molecule has 16 heavy (non-hydrogen) atoms. The van der Waals surface area contributed by atoms with Crippen molar-refractivity contribution >= 4 is 11.7 Å². The van der Waals surface area contributed by atoms with Gasteiger partial charge in [-0.15, -0.1) is 0 Å². The highest BCUT2D eigenvalue weighted by molar-refractivity contribution is 5.81. The first-order chi connectivity index (χ1) is 7.63. The van der Waals surface area contributed by atoms with Crippen LogP contribution in [0.1, 0.15) is 0 Å². The van der Waals surface area contributed by atoms with Gasteiger partial charge in [0.25, 0.3) is 5.69 Å². The summed E-state index contributed by atoms with van der Waals surface area (Å²) in [4.78, 5) is 20.5. The Bertz CT molecular complexity index is 410. The maximum Gasteiger partial charge on any atom is 0.333 e. The molecule has 0 N–H and O–H groups in total. The molecule has 0 radical (unpaired) electrons. The summed E-state index contributed by atoms with van der Waals surface area (Å²) in [6.07, 6.45) is 2.24. The van der Waals surface area contributed by atoms with Gasteiger partial charge in [-0.2, -0.15) is 0 Å². The third-order valence-corrected chi connectivity index (χ3v) is 1.66. The van der Waals surface area contributed by atoms with Crippen LogP contribution in [0.3, 0.4) is 0 Å². The zero-order chi connectivity index (χ0) is 12.0. The molecule has 0 bridgehead atoms. The fraction of sp³-hybridized carbons (Fsp3) is 0.100. The number of hydrogen-bond donors (Lipinski definition) is 0. The van der Waals surface area contributed by atoms with Crippen LogP contribution in [0.5, 0.6) is 5.75 Å². The van der Waals surface area contributed by atoms with Gasteiger partial charge in [-0.05, 0) is 12.1 Å². The van der Waals surface area contributed by atoms with Gasteiger partial charge in [0.15, 0.2) is 0 Å². The molecule has 0 amide bonds. The Hall–Kier alpha value is -2.37. The van der Waals surface area contributed by atoms with Crippen LogP contribution >= 0.6 is 0 Å². The fourth-order valence-corrected chi connectivity index (χ4v) is 0.883. The van der Waals surface area contributed by atoms with Crippen molar-refractivity contribution in [3.63, 3.8) is 0 Å². The van der Waals surface area contributed by atoms with Gasteiger partial charge in [0.05, 0.1) is 24.4 Å². The number of nitro groups is 1. The van der Waals surface area contributed by atoms with E-state index in [-0.39, 0.29) is 5.69 Å². The molecule has 0 fully saturated rings. The van der Waals surface area contributed by atoms with Crippen molar-refractivity contribution in [3.05, 3.63) is 46.7 Å². The molecular weight excluding hydrogens is 214 g/mol. The van der Waals surface area contributed by atoms with Crippen LogP contribution in [0, 0.1) is 10.1 Å². The van der Waals surface area contributed by atoms with E-state index in [9.17, 15) is 14.9 Å². The fourth-order valence-electron chi connectivity index (χ4n) is 0.883. The zero-order valence-corrected chi connectivity index (χ0v) is 8.45. The average molecular weight is 223 g/mol. The zero-order valence-electron chi connectivity index (χ0n) is 8.45. The number of rotatable bonds is 4. The second kappa shape index (κ2) is 5.50. The molecule has 0 aliphatic heterocycles. The minimum atomic E-state index is -0.540. The molecule has 1 aromatic carbocycles. The van der Waals surface area contributed by atoms with Gasteiger partial charge < -0.3 is 9.47 Å². The molecule has 6 heteroatoms. The van der Waals surface area contributed by atoms with E-state index >= 15 is 0 Å². The van der Waals surface area contributed by atoms with Crippen molar-refractivity contribution in [2.75, 3.05) is 7.11 Å². The van der Waals surface area contributed by atoms with E-state index in [2.05, 4.69) is 4.74 Å². The molecule has 0 saturated carbocycles. The number of benzene rings is 1. The van der Waals surface area contributed by atoms with E-state index in [1.165, 1.54) is 31.4 Å². The average Bonchev–Trinajstić information content (AvgIpc) is 2.29. The quantitative estimate of drug-likeness (QED) is 0.255. The summed E-state index contributed by atoms with van der Waals surface area (Å²) in [5.74, 6) is -0.146. The molecule has 0 heterocycles. The van der Waals surface area contributed by atoms with Gasteiger partial charge in [0.1, 0.15) is 5.75 Å². The SMILES string of the molecule is COC(=O)/C=C\Oc1ccc([N+](=O)[O-])cc1. The Labute approximate surface area is 91.2 Å². The van der Waals surface area contributed by atoms with E-state index in [1.54, 1.807) is 0 Å². The largest absolute Gasteiger partial charge is 0.466 e. The summed E-state index contributed by atoms with van der Waals surface area (Å²) < 4.78 is 9.35. The van der Waals surface area contributed by atoms with Crippen LogP contribution in [-0.4, -0.2) is 18.0 Å². The molecule has 0 unspecified atom stereocenters. The minimum Gasteiger partial charge on any atom is -0.466 e. The number of ether oxygens (including phenoxy) is 2. The summed E-state index contributed by atoms with van der Waals surface area (Å²) in [6, 6.07) is 5.47. The molecule has 0 aliphatic carbocycles. The molecule has 0 saturated heterocycles. The van der Waals surface area contributed by atoms with E-state index in [4.69, 9.17) is 4.74 Å². The molecule has 0 aromatic heterocycles. The first-order valence-electron chi connectivity index (χ1n) is 4.29. The lowest BCUT2D eigenvalue weighted by atomic mass is 10.3. The standard InChI is InChI=1S/C10H9NO5/c1-15-10(12)6-7-16-9-4-2-8(3-5-9)11(13)14/h2-7H,1H3/b7-6-. The second-order valence-corrected chi connectivity index (χ2v) is 2.69. The van der Waals surface area contributed by atoms with E-state index in [0.29, 0.717) is 5.75 Å². The maximum atomic E-state index is 10.7. The smallest absolute Gasteiger partial charge is 0.333 e. The normalized spacial score (nSPS) is 10.1. The van der Waals surface area contributed by atoms with Gasteiger partial charge >= 0.3 is 5.97 Å². The van der Waals surface area contributed by atoms with E-state index < -0.39 is 10.9 Å². The lowest BCUT2D eigenvalue weighted by Gasteiger charge is -1.98. The Morgan fingerprint density at radius 3 is 2.50 bits per heavy atom. The number of methoxy groups -OCH3 is 1. The van der Waals surface area contributed by atoms with Crippen molar-refractivity contribution in [1.29, 1.82) is 0 Å². The summed E-state index contributed by atoms with van der Waals surface area (Å²) >= 11 is 0. The lowest BCUT2D eigenvalue weighted by molar-refractivity contribution is -0.384. The summed E-state index contributed by atoms with van der Waals surface area (Å²) in [7, 11) is 1.25. The van der Waals surface area contributed by atoms with Gasteiger partial charge in [-0.3, -0.25) is 10.1 Å². The third-order valence-electron chi connectivity index (χ3n) is 1.66. The lowest BCUT2D eigenvalue weighted by Crippen LogP contribution is -1.95. The molecule has 0 aliphatic rings. The van der Waals surface area contributed by atoms with Crippen molar-refractivity contribution < 1.29 is 19.2 Å². The minimum absolute atomic E-state index is 0.0238. The predicted molar refractivity (Wildman–Crippen MR) is 54.9 cm³/mol. The van der Waals surface area contributed by atoms with Crippen molar-refractivity contribution in [3.8, 4) is 5.75 Å². The Kier molecular flexibility index (Phi) is 4.02. The molecule has 6 nitrogen and oxygen atoms in total. The highest BCUT2D eigenvalue weighted by Crippen LogP contribution is 2.17. The molecule has 84 valence electrons. The molecule has 1 rings (SSSR count). The number of carbonyl (C=O) groups excluding carboxylic acids is 1. The third kappa shape index (κ3) is 3.41. The van der Waals surface area contributed by atoms with Crippen molar-refractivity contribution in [2.24, 2.45) is 0 Å². The predicted octanol–water partition coefficient (Wildman–Crippen LogP) is 1.66. The summed E-state index contributed by atoms with van der Waals surface area (Å²) in [5.41, 5.74) is -0.0238. The van der Waals surface area contributed by atoms with Crippen molar-refractivity contribution in [2.45, 2.75) is 0 Å². The monoisotopic (exact) mass is 223 g/mol. The van der Waals surface area contributed by atoms with Crippen LogP contribution in [0.4, 0.5) is 5.69 Å². The molecule has 0 atom stereocenters. The first kappa shape index (κ1) is 11.7. The van der Waals surface area contributed by atoms with Gasteiger partial charge in [-0.1, -0.05) is 0 Å². The Morgan fingerprint density at radius 2 is 2.00 bits per heavy atom. The number of esters is 1. The van der Waals surface area contributed by atoms with Crippen LogP contribution in [0.15, 0.2) is 36.6 Å². The first-order valence-corrected chi connectivity index (χ1v) is 4.29. The molecular formula is C10H9NO5. The summed E-state index contributed by atoms with van der Waals surface area (Å²) in [6.45, 7) is 0. The van der Waals surface area contributed by atoms with Crippen LogP contribution in [-0.2, 0) is 9.53 Å². The Morgan fingerprint density at radius 1 is 1.38 bits per heavy atom. The Balaban J connectivity index is 2.59. The topological polar surface area (TPSA) is 78.7 Å².